The highest BCUT2D eigenvalue weighted by Gasteiger charge is 2.07. The highest BCUT2D eigenvalue weighted by atomic mass is 35.5. The maximum absolute atomic E-state index is 3.76. The molecule has 0 aliphatic rings. The van der Waals surface area contributed by atoms with Crippen molar-refractivity contribution in [3.8, 4) is 0 Å². The third-order valence-electron chi connectivity index (χ3n) is 1.84. The van der Waals surface area contributed by atoms with E-state index in [9.17, 15) is 0 Å². The van der Waals surface area contributed by atoms with E-state index in [1.165, 1.54) is 11.1 Å². The van der Waals surface area contributed by atoms with E-state index in [-0.39, 0.29) is 12.4 Å². The minimum Gasteiger partial charge on any atom is -1.00 e. The second kappa shape index (κ2) is 5.18. The van der Waals surface area contributed by atoms with E-state index in [0.717, 1.165) is 11.0 Å². The van der Waals surface area contributed by atoms with E-state index >= 15 is 0 Å². The van der Waals surface area contributed by atoms with Crippen LogP contribution in [0.15, 0.2) is 30.8 Å². The molecule has 0 unspecified atom stereocenters. The average molecular weight is 212 g/mol. The quantitative estimate of drug-likeness (QED) is 0.594. The van der Waals surface area contributed by atoms with Gasteiger partial charge >= 0.3 is 0 Å². The van der Waals surface area contributed by atoms with Gasteiger partial charge in [-0.2, -0.15) is 0 Å². The molecule has 0 aliphatic carbocycles. The van der Waals surface area contributed by atoms with Gasteiger partial charge in [-0.15, -0.1) is 0 Å². The summed E-state index contributed by atoms with van der Waals surface area (Å²) in [5, 5.41) is 0. The molecule has 0 saturated carbocycles. The summed E-state index contributed by atoms with van der Waals surface area (Å²) in [4.78, 5) is 0. The Morgan fingerprint density at radius 3 is 2.43 bits per heavy atom. The Bertz CT molecular complexity index is 299. The van der Waals surface area contributed by atoms with Crippen LogP contribution in [0.5, 0.6) is 0 Å². The van der Waals surface area contributed by atoms with Crippen molar-refractivity contribution < 1.29 is 16.9 Å². The molecule has 1 aromatic carbocycles. The lowest BCUT2D eigenvalue weighted by Gasteiger charge is -2.23. The smallest absolute Gasteiger partial charge is 0.104 e. The highest BCUT2D eigenvalue weighted by molar-refractivity contribution is 5.47. The van der Waals surface area contributed by atoms with Crippen LogP contribution in [0.2, 0.25) is 0 Å². The minimum atomic E-state index is 0. The molecule has 14 heavy (non-hydrogen) atoms. The normalized spacial score (nSPS) is 10.5. The van der Waals surface area contributed by atoms with Gasteiger partial charge in [-0.25, -0.2) is 0 Å². The highest BCUT2D eigenvalue weighted by Crippen LogP contribution is 2.10. The minimum absolute atomic E-state index is 0. The largest absolute Gasteiger partial charge is 1.00 e. The van der Waals surface area contributed by atoms with Crippen LogP contribution < -0.4 is 12.4 Å². The topological polar surface area (TPSA) is 0 Å². The van der Waals surface area contributed by atoms with Crippen molar-refractivity contribution >= 4 is 6.08 Å². The third kappa shape index (κ3) is 4.45. The molecular formula is C12H18ClN. The van der Waals surface area contributed by atoms with Crippen molar-refractivity contribution in [2.24, 2.45) is 0 Å². The molecule has 0 heterocycles. The zero-order valence-corrected chi connectivity index (χ0v) is 9.88. The van der Waals surface area contributed by atoms with Gasteiger partial charge in [0.15, 0.2) is 0 Å². The van der Waals surface area contributed by atoms with Crippen molar-refractivity contribution in [1.82, 2.24) is 0 Å². The molecule has 1 rings (SSSR count). The summed E-state index contributed by atoms with van der Waals surface area (Å²) >= 11 is 0. The monoisotopic (exact) mass is 211 g/mol. The SMILES string of the molecule is C=Cc1cccc(C[N+](C)(C)C)c1.[Cl-]. The van der Waals surface area contributed by atoms with Gasteiger partial charge in [-0.3, -0.25) is 0 Å². The van der Waals surface area contributed by atoms with Gasteiger partial charge in [0.25, 0.3) is 0 Å². The molecule has 0 fully saturated rings. The molecule has 1 aromatic rings. The van der Waals surface area contributed by atoms with Crippen LogP contribution in [0, 0.1) is 0 Å². The number of hydrogen-bond acceptors (Lipinski definition) is 0. The predicted molar refractivity (Wildman–Crippen MR) is 58.3 cm³/mol. The molecule has 0 saturated heterocycles. The van der Waals surface area contributed by atoms with Crippen molar-refractivity contribution in [3.63, 3.8) is 0 Å². The van der Waals surface area contributed by atoms with Crippen LogP contribution in [-0.2, 0) is 6.54 Å². The molecule has 1 nitrogen and oxygen atoms in total. The van der Waals surface area contributed by atoms with Crippen LogP contribution in [0.25, 0.3) is 6.08 Å². The van der Waals surface area contributed by atoms with Crippen LogP contribution in [0.3, 0.4) is 0 Å². The first-order valence-corrected chi connectivity index (χ1v) is 4.53. The van der Waals surface area contributed by atoms with Crippen LogP contribution in [-0.4, -0.2) is 25.6 Å². The van der Waals surface area contributed by atoms with E-state index in [1.807, 2.05) is 6.08 Å². The first kappa shape index (κ1) is 13.2. The molecule has 0 aliphatic heterocycles. The number of benzene rings is 1. The fourth-order valence-corrected chi connectivity index (χ4v) is 1.37. The van der Waals surface area contributed by atoms with Crippen molar-refractivity contribution in [3.05, 3.63) is 42.0 Å². The van der Waals surface area contributed by atoms with Gasteiger partial charge in [-0.05, 0) is 11.6 Å². The van der Waals surface area contributed by atoms with E-state index in [0.29, 0.717) is 0 Å². The molecule has 0 amide bonds. The fraction of sp³-hybridized carbons (Fsp3) is 0.333. The lowest BCUT2D eigenvalue weighted by molar-refractivity contribution is -0.884. The molecule has 2 heteroatoms. The van der Waals surface area contributed by atoms with Gasteiger partial charge in [-0.1, -0.05) is 30.9 Å². The van der Waals surface area contributed by atoms with Gasteiger partial charge in [0.05, 0.1) is 21.1 Å². The molecule has 0 spiro atoms. The number of quaternary nitrogens is 1. The molecule has 0 bridgehead atoms. The molecule has 0 aromatic heterocycles. The van der Waals surface area contributed by atoms with Crippen molar-refractivity contribution in [1.29, 1.82) is 0 Å². The first-order chi connectivity index (χ1) is 6.01. The zero-order chi connectivity index (χ0) is 9.90. The lowest BCUT2D eigenvalue weighted by Crippen LogP contribution is -3.00. The number of nitrogens with zero attached hydrogens (tertiary/aromatic N) is 1. The third-order valence-corrected chi connectivity index (χ3v) is 1.84. The summed E-state index contributed by atoms with van der Waals surface area (Å²) in [5.74, 6) is 0. The van der Waals surface area contributed by atoms with E-state index in [1.54, 1.807) is 0 Å². The lowest BCUT2D eigenvalue weighted by atomic mass is 10.1. The average Bonchev–Trinajstić information content (AvgIpc) is 2.01. The molecule has 0 N–H and O–H groups in total. The van der Waals surface area contributed by atoms with E-state index < -0.39 is 0 Å². The summed E-state index contributed by atoms with van der Waals surface area (Å²) in [7, 11) is 6.59. The summed E-state index contributed by atoms with van der Waals surface area (Å²) in [5.41, 5.74) is 2.57. The molecular weight excluding hydrogens is 194 g/mol. The second-order valence-corrected chi connectivity index (χ2v) is 4.40. The summed E-state index contributed by atoms with van der Waals surface area (Å²) in [6.07, 6.45) is 1.89. The number of rotatable bonds is 3. The Morgan fingerprint density at radius 1 is 1.29 bits per heavy atom. The molecule has 78 valence electrons. The Kier molecular flexibility index (Phi) is 4.89. The van der Waals surface area contributed by atoms with E-state index in [4.69, 9.17) is 0 Å². The molecule has 0 radical (unpaired) electrons. The molecule has 0 atom stereocenters. The maximum Gasteiger partial charge on any atom is 0.104 e. The van der Waals surface area contributed by atoms with Crippen LogP contribution in [0.1, 0.15) is 11.1 Å². The fourth-order valence-electron chi connectivity index (χ4n) is 1.37. The zero-order valence-electron chi connectivity index (χ0n) is 9.13. The van der Waals surface area contributed by atoms with Crippen LogP contribution in [0.4, 0.5) is 0 Å². The van der Waals surface area contributed by atoms with E-state index in [2.05, 4.69) is 52.0 Å². The Labute approximate surface area is 93.1 Å². The van der Waals surface area contributed by atoms with Gasteiger partial charge < -0.3 is 16.9 Å². The number of halogens is 1. The van der Waals surface area contributed by atoms with Gasteiger partial charge in [0.2, 0.25) is 0 Å². The predicted octanol–water partition coefficient (Wildman–Crippen LogP) is -0.460. The van der Waals surface area contributed by atoms with Crippen molar-refractivity contribution in [2.45, 2.75) is 6.54 Å². The summed E-state index contributed by atoms with van der Waals surface area (Å²) < 4.78 is 0.959. The van der Waals surface area contributed by atoms with Crippen molar-refractivity contribution in [2.75, 3.05) is 21.1 Å². The number of hydrogen-bond donors (Lipinski definition) is 0. The maximum atomic E-state index is 3.76. The van der Waals surface area contributed by atoms with Gasteiger partial charge in [0.1, 0.15) is 6.54 Å². The first-order valence-electron chi connectivity index (χ1n) is 4.53. The van der Waals surface area contributed by atoms with Gasteiger partial charge in [0, 0.05) is 5.56 Å². The Morgan fingerprint density at radius 2 is 1.93 bits per heavy atom. The summed E-state index contributed by atoms with van der Waals surface area (Å²) in [6, 6.07) is 8.52. The Hall–Kier alpha value is -0.790. The summed E-state index contributed by atoms with van der Waals surface area (Å²) in [6.45, 7) is 4.82. The Balaban J connectivity index is 0.00000169. The van der Waals surface area contributed by atoms with Crippen LogP contribution >= 0.6 is 0 Å². The second-order valence-electron chi connectivity index (χ2n) is 4.40. The standard InChI is InChI=1S/C12H18N.ClH/c1-5-11-7-6-8-12(9-11)10-13(2,3)4;/h5-9H,1,10H2,2-4H3;1H/q+1;/p-1.